The van der Waals surface area contributed by atoms with E-state index in [-0.39, 0.29) is 5.91 Å². The fraction of sp³-hybridized carbons (Fsp3) is 0.333. The number of hydrogen-bond donors (Lipinski definition) is 1. The van der Waals surface area contributed by atoms with Gasteiger partial charge in [0.1, 0.15) is 23.3 Å². The van der Waals surface area contributed by atoms with Gasteiger partial charge in [0.05, 0.1) is 11.9 Å². The highest BCUT2D eigenvalue weighted by Crippen LogP contribution is 2.18. The Morgan fingerprint density at radius 2 is 2.25 bits per heavy atom. The average Bonchev–Trinajstić information content (AvgIpc) is 3.09. The topological polar surface area (TPSA) is 90.8 Å². The van der Waals surface area contributed by atoms with Gasteiger partial charge in [0, 0.05) is 13.1 Å². The van der Waals surface area contributed by atoms with Gasteiger partial charge in [-0.15, -0.1) is 0 Å². The third-order valence-corrected chi connectivity index (χ3v) is 3.17. The van der Waals surface area contributed by atoms with Crippen molar-refractivity contribution in [3.63, 3.8) is 0 Å². The molecule has 0 aliphatic heterocycles. The van der Waals surface area contributed by atoms with Crippen molar-refractivity contribution >= 4 is 22.8 Å². The molecule has 8 nitrogen and oxygen atoms in total. The van der Waals surface area contributed by atoms with Crippen molar-refractivity contribution in [2.75, 3.05) is 5.32 Å². The lowest BCUT2D eigenvalue weighted by Crippen LogP contribution is -2.24. The Balaban J connectivity index is 1.86. The number of anilines is 1. The van der Waals surface area contributed by atoms with Gasteiger partial charge in [-0.05, 0) is 13.8 Å². The van der Waals surface area contributed by atoms with Crippen molar-refractivity contribution < 1.29 is 9.32 Å². The molecule has 0 aliphatic carbocycles. The van der Waals surface area contributed by atoms with Crippen LogP contribution in [0, 0.1) is 6.92 Å². The maximum Gasteiger partial charge on any atom is 0.250 e. The third-order valence-electron chi connectivity index (χ3n) is 3.17. The first-order valence-electron chi connectivity index (χ1n) is 6.16. The number of nitrogens with one attached hydrogen (secondary N) is 1. The van der Waals surface area contributed by atoms with Gasteiger partial charge < -0.3 is 9.84 Å². The maximum absolute atomic E-state index is 12.1. The summed E-state index contributed by atoms with van der Waals surface area (Å²) in [6.45, 7) is 3.66. The highest BCUT2D eigenvalue weighted by Gasteiger charge is 2.19. The van der Waals surface area contributed by atoms with Crippen molar-refractivity contribution in [1.29, 1.82) is 0 Å². The van der Waals surface area contributed by atoms with Crippen LogP contribution in [0.1, 0.15) is 18.7 Å². The SMILES string of the molecule is Cc1nn(C)c2cn([C@H](C)C(=O)Nc3ccon3)nc12. The number of aryl methyl sites for hydroxylation is 2. The molecule has 0 saturated heterocycles. The van der Waals surface area contributed by atoms with E-state index in [1.807, 2.05) is 20.2 Å². The molecule has 0 saturated carbocycles. The van der Waals surface area contributed by atoms with Gasteiger partial charge in [-0.3, -0.25) is 14.2 Å². The van der Waals surface area contributed by atoms with E-state index in [1.165, 1.54) is 6.26 Å². The van der Waals surface area contributed by atoms with Crippen molar-refractivity contribution in [1.82, 2.24) is 24.7 Å². The Hall–Kier alpha value is -2.64. The van der Waals surface area contributed by atoms with Gasteiger partial charge in [0.25, 0.3) is 0 Å². The highest BCUT2D eigenvalue weighted by molar-refractivity contribution is 5.92. The number of amides is 1. The molecule has 0 unspecified atom stereocenters. The van der Waals surface area contributed by atoms with Crippen molar-refractivity contribution in [3.8, 4) is 0 Å². The van der Waals surface area contributed by atoms with Crippen molar-refractivity contribution in [3.05, 3.63) is 24.2 Å². The summed E-state index contributed by atoms with van der Waals surface area (Å²) in [5.74, 6) is 0.175. The van der Waals surface area contributed by atoms with E-state index < -0.39 is 6.04 Å². The van der Waals surface area contributed by atoms with Gasteiger partial charge >= 0.3 is 0 Å². The zero-order valence-electron chi connectivity index (χ0n) is 11.4. The second-order valence-electron chi connectivity index (χ2n) is 4.60. The number of carbonyl (C=O) groups excluding carboxylic acids is 1. The van der Waals surface area contributed by atoms with E-state index in [1.54, 1.807) is 22.4 Å². The molecule has 1 N–H and O–H groups in total. The molecule has 3 aromatic heterocycles. The number of aromatic nitrogens is 5. The summed E-state index contributed by atoms with van der Waals surface area (Å²) in [6, 6.07) is 1.12. The number of carbonyl (C=O) groups is 1. The largest absolute Gasteiger partial charge is 0.363 e. The average molecular weight is 274 g/mol. The third kappa shape index (κ3) is 1.94. The molecule has 3 rings (SSSR count). The summed E-state index contributed by atoms with van der Waals surface area (Å²) in [6.07, 6.45) is 3.21. The van der Waals surface area contributed by atoms with Crippen LogP contribution < -0.4 is 5.32 Å². The fourth-order valence-electron chi connectivity index (χ4n) is 2.03. The highest BCUT2D eigenvalue weighted by atomic mass is 16.5. The second kappa shape index (κ2) is 4.48. The van der Waals surface area contributed by atoms with Crippen LogP contribution in [0.25, 0.3) is 11.0 Å². The van der Waals surface area contributed by atoms with Crippen LogP contribution in [-0.2, 0) is 11.8 Å². The van der Waals surface area contributed by atoms with E-state index in [9.17, 15) is 4.79 Å². The number of rotatable bonds is 3. The van der Waals surface area contributed by atoms with Gasteiger partial charge in [-0.1, -0.05) is 5.16 Å². The Morgan fingerprint density at radius 3 is 2.90 bits per heavy atom. The molecule has 0 radical (unpaired) electrons. The van der Waals surface area contributed by atoms with Crippen LogP contribution in [0.3, 0.4) is 0 Å². The van der Waals surface area contributed by atoms with Crippen LogP contribution >= 0.6 is 0 Å². The van der Waals surface area contributed by atoms with Crippen molar-refractivity contribution in [2.24, 2.45) is 7.05 Å². The molecule has 1 amide bonds. The van der Waals surface area contributed by atoms with Gasteiger partial charge in [-0.2, -0.15) is 10.2 Å². The van der Waals surface area contributed by atoms with Gasteiger partial charge in [0.2, 0.25) is 5.91 Å². The summed E-state index contributed by atoms with van der Waals surface area (Å²) < 4.78 is 8.04. The zero-order chi connectivity index (χ0) is 14.3. The lowest BCUT2D eigenvalue weighted by molar-refractivity contribution is -0.119. The fourth-order valence-corrected chi connectivity index (χ4v) is 2.03. The molecule has 8 heteroatoms. The second-order valence-corrected chi connectivity index (χ2v) is 4.60. The van der Waals surface area contributed by atoms with Crippen LogP contribution in [0.4, 0.5) is 5.82 Å². The van der Waals surface area contributed by atoms with Crippen LogP contribution in [0.15, 0.2) is 23.0 Å². The van der Waals surface area contributed by atoms with Gasteiger partial charge in [-0.25, -0.2) is 0 Å². The summed E-state index contributed by atoms with van der Waals surface area (Å²) in [5, 5.41) is 15.0. The van der Waals surface area contributed by atoms with Gasteiger partial charge in [0.15, 0.2) is 5.82 Å². The lowest BCUT2D eigenvalue weighted by atomic mass is 10.3. The van der Waals surface area contributed by atoms with Crippen LogP contribution in [0.2, 0.25) is 0 Å². The lowest BCUT2D eigenvalue weighted by Gasteiger charge is -2.10. The van der Waals surface area contributed by atoms with Crippen LogP contribution in [0.5, 0.6) is 0 Å². The molecule has 0 fully saturated rings. The molecule has 20 heavy (non-hydrogen) atoms. The quantitative estimate of drug-likeness (QED) is 0.776. The molecule has 0 aromatic carbocycles. The molecule has 3 heterocycles. The summed E-state index contributed by atoms with van der Waals surface area (Å²) >= 11 is 0. The smallest absolute Gasteiger partial charge is 0.250 e. The predicted octanol–water partition coefficient (Wildman–Crippen LogP) is 1.27. The Morgan fingerprint density at radius 1 is 1.45 bits per heavy atom. The molecule has 3 aromatic rings. The minimum atomic E-state index is -0.460. The van der Waals surface area contributed by atoms with Crippen LogP contribution in [-0.4, -0.2) is 30.6 Å². The summed E-state index contributed by atoms with van der Waals surface area (Å²) in [7, 11) is 1.85. The Labute approximate surface area is 114 Å². The minimum absolute atomic E-state index is 0.211. The normalized spacial score (nSPS) is 12.8. The Bertz CT molecular complexity index is 720. The molecule has 104 valence electrons. The van der Waals surface area contributed by atoms with Crippen molar-refractivity contribution in [2.45, 2.75) is 19.9 Å². The number of hydrogen-bond acceptors (Lipinski definition) is 5. The number of fused-ring (bicyclic) bond motifs is 1. The first kappa shape index (κ1) is 12.4. The predicted molar refractivity (Wildman–Crippen MR) is 71.1 cm³/mol. The molecule has 1 atom stereocenters. The number of nitrogens with zero attached hydrogens (tertiary/aromatic N) is 5. The Kier molecular flexibility index (Phi) is 2.78. The minimum Gasteiger partial charge on any atom is -0.363 e. The first-order valence-corrected chi connectivity index (χ1v) is 6.16. The zero-order valence-corrected chi connectivity index (χ0v) is 11.4. The molecule has 0 aliphatic rings. The molecule has 0 spiro atoms. The van der Waals surface area contributed by atoms with E-state index in [0.717, 1.165) is 16.7 Å². The summed E-state index contributed by atoms with van der Waals surface area (Å²) in [5.41, 5.74) is 2.53. The monoisotopic (exact) mass is 274 g/mol. The summed E-state index contributed by atoms with van der Waals surface area (Å²) in [4.78, 5) is 12.1. The molecular formula is C12H14N6O2. The van der Waals surface area contributed by atoms with E-state index in [0.29, 0.717) is 5.82 Å². The maximum atomic E-state index is 12.1. The van der Waals surface area contributed by atoms with E-state index in [4.69, 9.17) is 0 Å². The molecular weight excluding hydrogens is 260 g/mol. The first-order chi connectivity index (χ1) is 9.56. The standard InChI is InChI=1S/C12H14N6O2/c1-7-11-9(17(3)14-7)6-18(15-11)8(2)12(19)13-10-4-5-20-16-10/h4-6,8H,1-3H3,(H,13,16,19)/t8-/m1/s1. The molecule has 0 bridgehead atoms. The van der Waals surface area contributed by atoms with E-state index in [2.05, 4.69) is 25.2 Å². The van der Waals surface area contributed by atoms with E-state index >= 15 is 0 Å².